The van der Waals surface area contributed by atoms with Crippen LogP contribution in [0.4, 0.5) is 0 Å². The number of benzene rings is 1. The first kappa shape index (κ1) is 25.5. The Bertz CT molecular complexity index is 976. The van der Waals surface area contributed by atoms with E-state index < -0.39 is 0 Å². The van der Waals surface area contributed by atoms with Crippen LogP contribution in [0.25, 0.3) is 0 Å². The van der Waals surface area contributed by atoms with E-state index in [4.69, 9.17) is 0 Å². The van der Waals surface area contributed by atoms with E-state index in [2.05, 4.69) is 58.5 Å². The predicted octanol–water partition coefficient (Wildman–Crippen LogP) is 8.72. The van der Waals surface area contributed by atoms with Crippen LogP contribution in [0.5, 0.6) is 0 Å². The van der Waals surface area contributed by atoms with E-state index in [-0.39, 0.29) is 11.5 Å². The van der Waals surface area contributed by atoms with Gasteiger partial charge in [-0.05, 0) is 102 Å². The SMILES string of the molecule is C=C/C=C1/CCC2C(=C1CCC)C(c1ccc3c(c1)CC(C)(C)C3)CC1(C)C(O)CCC21.CC. The van der Waals surface area contributed by atoms with Gasteiger partial charge in [0.25, 0.3) is 0 Å². The highest BCUT2D eigenvalue weighted by Gasteiger charge is 2.56. The van der Waals surface area contributed by atoms with Crippen molar-refractivity contribution in [1.82, 2.24) is 0 Å². The number of aliphatic hydroxyl groups excluding tert-OH is 1. The third-order valence-corrected chi connectivity index (χ3v) is 9.51. The molecule has 0 saturated heterocycles. The van der Waals surface area contributed by atoms with Gasteiger partial charge in [-0.15, -0.1) is 0 Å². The lowest BCUT2D eigenvalue weighted by Crippen LogP contribution is -2.44. The minimum absolute atomic E-state index is 0.0497. The second-order valence-corrected chi connectivity index (χ2v) is 12.3. The molecule has 0 spiro atoms. The maximum absolute atomic E-state index is 11.1. The molecule has 0 radical (unpaired) electrons. The van der Waals surface area contributed by atoms with Crippen LogP contribution in [-0.4, -0.2) is 11.2 Å². The van der Waals surface area contributed by atoms with Gasteiger partial charge in [0.05, 0.1) is 6.10 Å². The van der Waals surface area contributed by atoms with Gasteiger partial charge < -0.3 is 5.11 Å². The largest absolute Gasteiger partial charge is 0.393 e. The average molecular weight is 461 g/mol. The Morgan fingerprint density at radius 3 is 2.50 bits per heavy atom. The molecule has 1 aromatic carbocycles. The molecule has 5 rings (SSSR count). The van der Waals surface area contributed by atoms with Crippen LogP contribution < -0.4 is 0 Å². The van der Waals surface area contributed by atoms with Crippen molar-refractivity contribution in [3.8, 4) is 0 Å². The quantitative estimate of drug-likeness (QED) is 0.476. The number of aliphatic hydroxyl groups is 1. The average Bonchev–Trinajstić information content (AvgIpc) is 3.29. The molecule has 0 aromatic heterocycles. The summed E-state index contributed by atoms with van der Waals surface area (Å²) in [6, 6.07) is 7.42. The van der Waals surface area contributed by atoms with E-state index in [9.17, 15) is 5.11 Å². The Morgan fingerprint density at radius 2 is 1.79 bits per heavy atom. The lowest BCUT2D eigenvalue weighted by molar-refractivity contribution is -0.00293. The number of fused-ring (bicyclic) bond motifs is 4. The van der Waals surface area contributed by atoms with Crippen molar-refractivity contribution in [2.45, 2.75) is 111 Å². The third kappa shape index (κ3) is 4.27. The summed E-state index contributed by atoms with van der Waals surface area (Å²) in [7, 11) is 0. The zero-order valence-electron chi connectivity index (χ0n) is 22.7. The molecule has 1 aromatic rings. The number of rotatable bonds is 4. The van der Waals surface area contributed by atoms with Crippen molar-refractivity contribution in [2.75, 3.05) is 0 Å². The van der Waals surface area contributed by atoms with Crippen LogP contribution in [0, 0.1) is 22.7 Å². The van der Waals surface area contributed by atoms with Gasteiger partial charge in [0.15, 0.2) is 0 Å². The maximum atomic E-state index is 11.1. The summed E-state index contributed by atoms with van der Waals surface area (Å²) in [6.45, 7) is 17.6. The van der Waals surface area contributed by atoms with Gasteiger partial charge in [-0.2, -0.15) is 0 Å². The first-order valence-electron chi connectivity index (χ1n) is 14.1. The summed E-state index contributed by atoms with van der Waals surface area (Å²) < 4.78 is 0. The van der Waals surface area contributed by atoms with Gasteiger partial charge in [-0.1, -0.05) is 90.5 Å². The van der Waals surface area contributed by atoms with Crippen LogP contribution in [-0.2, 0) is 12.8 Å². The molecule has 34 heavy (non-hydrogen) atoms. The fraction of sp³-hybridized carbons (Fsp3) is 0.636. The second-order valence-electron chi connectivity index (χ2n) is 12.3. The Hall–Kier alpha value is -1.60. The molecule has 5 unspecified atom stereocenters. The summed E-state index contributed by atoms with van der Waals surface area (Å²) in [5.74, 6) is 1.71. The summed E-state index contributed by atoms with van der Waals surface area (Å²) in [5, 5.41) is 11.1. The second kappa shape index (κ2) is 9.81. The van der Waals surface area contributed by atoms with Crippen molar-refractivity contribution in [2.24, 2.45) is 22.7 Å². The smallest absolute Gasteiger partial charge is 0.0597 e. The van der Waals surface area contributed by atoms with Crippen LogP contribution in [0.3, 0.4) is 0 Å². The van der Waals surface area contributed by atoms with Crippen LogP contribution >= 0.6 is 0 Å². The van der Waals surface area contributed by atoms with Gasteiger partial charge in [0, 0.05) is 5.92 Å². The molecule has 1 heteroatoms. The van der Waals surface area contributed by atoms with Crippen LogP contribution in [0.15, 0.2) is 53.6 Å². The Morgan fingerprint density at radius 1 is 1.06 bits per heavy atom. The van der Waals surface area contributed by atoms with Crippen molar-refractivity contribution in [3.63, 3.8) is 0 Å². The zero-order chi connectivity index (χ0) is 24.7. The van der Waals surface area contributed by atoms with E-state index in [1.807, 2.05) is 19.9 Å². The highest BCUT2D eigenvalue weighted by atomic mass is 16.3. The van der Waals surface area contributed by atoms with Gasteiger partial charge in [-0.25, -0.2) is 0 Å². The van der Waals surface area contributed by atoms with E-state index in [0.717, 1.165) is 12.8 Å². The fourth-order valence-electron chi connectivity index (χ4n) is 8.13. The molecule has 1 N–H and O–H groups in total. The number of allylic oxidation sites excluding steroid dienone is 5. The predicted molar refractivity (Wildman–Crippen MR) is 146 cm³/mol. The van der Waals surface area contributed by atoms with E-state index in [1.54, 1.807) is 22.3 Å². The Balaban J connectivity index is 0.00000133. The van der Waals surface area contributed by atoms with E-state index >= 15 is 0 Å². The molecule has 0 aliphatic heterocycles. The fourth-order valence-corrected chi connectivity index (χ4v) is 8.13. The van der Waals surface area contributed by atoms with Crippen molar-refractivity contribution < 1.29 is 5.11 Å². The highest BCUT2D eigenvalue weighted by molar-refractivity contribution is 5.49. The van der Waals surface area contributed by atoms with Crippen molar-refractivity contribution in [3.05, 3.63) is 70.3 Å². The van der Waals surface area contributed by atoms with Crippen molar-refractivity contribution >= 4 is 0 Å². The van der Waals surface area contributed by atoms with Gasteiger partial charge in [0.2, 0.25) is 0 Å². The summed E-state index contributed by atoms with van der Waals surface area (Å²) in [6.07, 6.45) is 14.6. The Labute approximate surface area is 209 Å². The topological polar surface area (TPSA) is 20.2 Å². The van der Waals surface area contributed by atoms with E-state index in [1.165, 1.54) is 56.1 Å². The first-order valence-corrected chi connectivity index (χ1v) is 14.1. The molecule has 0 bridgehead atoms. The summed E-state index contributed by atoms with van der Waals surface area (Å²) in [4.78, 5) is 0. The molecule has 0 heterocycles. The number of hydrogen-bond donors (Lipinski definition) is 1. The summed E-state index contributed by atoms with van der Waals surface area (Å²) >= 11 is 0. The lowest BCUT2D eigenvalue weighted by Gasteiger charge is -2.51. The monoisotopic (exact) mass is 460 g/mol. The molecule has 0 amide bonds. The Kier molecular flexibility index (Phi) is 7.35. The molecule has 2 saturated carbocycles. The van der Waals surface area contributed by atoms with E-state index in [0.29, 0.717) is 23.2 Å². The van der Waals surface area contributed by atoms with Crippen LogP contribution in [0.2, 0.25) is 0 Å². The highest BCUT2D eigenvalue weighted by Crippen LogP contribution is 2.63. The summed E-state index contributed by atoms with van der Waals surface area (Å²) in [5.41, 5.74) is 9.96. The minimum atomic E-state index is -0.148. The zero-order valence-corrected chi connectivity index (χ0v) is 22.7. The normalized spacial score (nSPS) is 34.7. The molecule has 1 nitrogen and oxygen atoms in total. The van der Waals surface area contributed by atoms with Gasteiger partial charge in [-0.3, -0.25) is 0 Å². The maximum Gasteiger partial charge on any atom is 0.0597 e. The molecular weight excluding hydrogens is 412 g/mol. The first-order chi connectivity index (χ1) is 16.3. The van der Waals surface area contributed by atoms with Crippen molar-refractivity contribution in [1.29, 1.82) is 0 Å². The van der Waals surface area contributed by atoms with Gasteiger partial charge >= 0.3 is 0 Å². The third-order valence-electron chi connectivity index (χ3n) is 9.51. The standard InChI is InChI=1S/C31H42O.C2H6/c1-6-8-20-12-13-25-27-14-15-28(32)31(27,5)19-26(29(25)24(20)9-7-2)21-10-11-22-17-30(3,4)18-23(22)16-21;1-2/h6,8,10-11,16,25-28,32H,1,7,9,12-15,17-19H2,2-5H3;1-2H3/b20-8-;. The molecule has 4 aliphatic carbocycles. The molecule has 5 atom stereocenters. The van der Waals surface area contributed by atoms with Crippen LogP contribution in [0.1, 0.15) is 109 Å². The molecule has 186 valence electrons. The lowest BCUT2D eigenvalue weighted by atomic mass is 9.53. The number of hydrogen-bond acceptors (Lipinski definition) is 1. The van der Waals surface area contributed by atoms with Gasteiger partial charge in [0.1, 0.15) is 0 Å². The molecule has 2 fully saturated rings. The molecular formula is C33H48O. The molecule has 4 aliphatic rings. The minimum Gasteiger partial charge on any atom is -0.393 e.